The molecule has 6 nitrogen and oxygen atoms in total. The van der Waals surface area contributed by atoms with Gasteiger partial charge in [0.05, 0.1) is 16.5 Å². The summed E-state index contributed by atoms with van der Waals surface area (Å²) in [6.07, 6.45) is 0.550. The van der Waals surface area contributed by atoms with E-state index in [1.54, 1.807) is 0 Å². The molecule has 0 radical (unpaired) electrons. The van der Waals surface area contributed by atoms with Crippen LogP contribution >= 0.6 is 0 Å². The van der Waals surface area contributed by atoms with Crippen LogP contribution in [0.2, 0.25) is 0 Å². The number of aliphatic hydroxyl groups is 1. The first kappa shape index (κ1) is 22.1. The van der Waals surface area contributed by atoms with Crippen LogP contribution in [0.15, 0.2) is 35.2 Å². The maximum absolute atomic E-state index is 15.5. The van der Waals surface area contributed by atoms with E-state index in [-0.39, 0.29) is 27.5 Å². The van der Waals surface area contributed by atoms with Gasteiger partial charge in [-0.05, 0) is 52.8 Å². The van der Waals surface area contributed by atoms with Crippen LogP contribution in [0.3, 0.4) is 0 Å². The molecule has 3 N–H and O–H groups in total. The molecule has 9 heteroatoms. The van der Waals surface area contributed by atoms with Crippen LogP contribution in [0.5, 0.6) is 0 Å². The fraction of sp³-hybridized carbons (Fsp3) is 0.304. The van der Waals surface area contributed by atoms with E-state index in [1.165, 1.54) is 18.2 Å². The standard InChI is InChI=1S/C23H20F2N2O4S/c1-11-3-4-15(19-12(10-26)7-13(24)8-16(11)19)14-5-6-18(32(2,30)31)20-17(14)9-23(25,21(20)28)22(27)29/h4-8,11,21,28H,3,9H2,1-2H3,(H2,27,29)/t11-,21+,23-/m1/s1. The van der Waals surface area contributed by atoms with Crippen molar-refractivity contribution in [3.05, 3.63) is 69.5 Å². The molecule has 0 fully saturated rings. The van der Waals surface area contributed by atoms with E-state index in [0.717, 1.165) is 12.3 Å². The second-order valence-corrected chi connectivity index (χ2v) is 10.3. The Morgan fingerprint density at radius 3 is 2.62 bits per heavy atom. The number of hydrogen-bond acceptors (Lipinski definition) is 5. The Balaban J connectivity index is 2.04. The average molecular weight is 458 g/mol. The summed E-state index contributed by atoms with van der Waals surface area (Å²) in [4.78, 5) is 11.6. The molecule has 0 unspecified atom stereocenters. The predicted molar refractivity (Wildman–Crippen MR) is 112 cm³/mol. The molecule has 166 valence electrons. The smallest absolute Gasteiger partial charge is 0.258 e. The molecule has 2 aromatic carbocycles. The molecule has 0 aromatic heterocycles. The van der Waals surface area contributed by atoms with Gasteiger partial charge in [-0.2, -0.15) is 5.26 Å². The van der Waals surface area contributed by atoms with Crippen molar-refractivity contribution in [1.29, 1.82) is 5.26 Å². The largest absolute Gasteiger partial charge is 0.384 e. The van der Waals surface area contributed by atoms with E-state index in [9.17, 15) is 28.0 Å². The zero-order valence-corrected chi connectivity index (χ0v) is 18.1. The van der Waals surface area contributed by atoms with Crippen molar-refractivity contribution >= 4 is 21.3 Å². The quantitative estimate of drug-likeness (QED) is 0.733. The van der Waals surface area contributed by atoms with Gasteiger partial charge in [-0.1, -0.05) is 19.1 Å². The second-order valence-electron chi connectivity index (χ2n) is 8.37. The van der Waals surface area contributed by atoms with E-state index in [0.29, 0.717) is 28.7 Å². The summed E-state index contributed by atoms with van der Waals surface area (Å²) in [6.45, 7) is 1.88. The molecule has 1 amide bonds. The third-order valence-corrected chi connectivity index (χ3v) is 7.44. The van der Waals surface area contributed by atoms with Crippen molar-refractivity contribution in [2.24, 2.45) is 5.73 Å². The molecule has 0 aliphatic heterocycles. The lowest BCUT2D eigenvalue weighted by molar-refractivity contribution is -0.136. The number of carbonyl (C=O) groups is 1. The van der Waals surface area contributed by atoms with Crippen molar-refractivity contribution in [3.63, 3.8) is 0 Å². The lowest BCUT2D eigenvalue weighted by atomic mass is 9.78. The minimum atomic E-state index is -3.87. The zero-order valence-electron chi connectivity index (χ0n) is 17.3. The van der Waals surface area contributed by atoms with Gasteiger partial charge in [-0.15, -0.1) is 0 Å². The molecule has 0 heterocycles. The summed E-state index contributed by atoms with van der Waals surface area (Å²) in [7, 11) is -3.87. The molecule has 2 aliphatic rings. The van der Waals surface area contributed by atoms with Gasteiger partial charge >= 0.3 is 0 Å². The van der Waals surface area contributed by atoms with Crippen molar-refractivity contribution in [2.45, 2.75) is 42.4 Å². The first-order valence-electron chi connectivity index (χ1n) is 9.87. The van der Waals surface area contributed by atoms with Crippen LogP contribution in [0, 0.1) is 17.1 Å². The SMILES string of the molecule is C[C@@H]1CC=C(c2ccc(S(C)(=O)=O)c3c2C[C@](F)(C(N)=O)[C@H]3O)c2c(C#N)cc(F)cc21. The molecule has 0 saturated heterocycles. The van der Waals surface area contributed by atoms with Crippen LogP contribution in [0.25, 0.3) is 5.57 Å². The van der Waals surface area contributed by atoms with E-state index in [4.69, 9.17) is 5.73 Å². The van der Waals surface area contributed by atoms with Crippen LogP contribution in [-0.2, 0) is 21.1 Å². The van der Waals surface area contributed by atoms with Gasteiger partial charge in [0.2, 0.25) is 5.67 Å². The first-order chi connectivity index (χ1) is 14.9. The third-order valence-electron chi connectivity index (χ3n) is 6.29. The van der Waals surface area contributed by atoms with Crippen LogP contribution < -0.4 is 5.73 Å². The van der Waals surface area contributed by atoms with Gasteiger partial charge in [-0.3, -0.25) is 4.79 Å². The summed E-state index contributed by atoms with van der Waals surface area (Å²) in [6, 6.07) is 7.14. The minimum Gasteiger partial charge on any atom is -0.384 e. The maximum atomic E-state index is 15.5. The fourth-order valence-electron chi connectivity index (χ4n) is 4.69. The van der Waals surface area contributed by atoms with E-state index in [1.807, 2.05) is 19.1 Å². The molecule has 3 atom stereocenters. The number of allylic oxidation sites excluding steroid dienone is 1. The fourth-order valence-corrected chi connectivity index (χ4v) is 5.64. The van der Waals surface area contributed by atoms with E-state index < -0.39 is 39.8 Å². The number of rotatable bonds is 3. The molecule has 0 bridgehead atoms. The number of hydrogen-bond donors (Lipinski definition) is 2. The first-order valence-corrected chi connectivity index (χ1v) is 11.8. The van der Waals surface area contributed by atoms with Crippen molar-refractivity contribution in [3.8, 4) is 6.07 Å². The van der Waals surface area contributed by atoms with Gasteiger partial charge in [0.25, 0.3) is 5.91 Å². The molecular formula is C23H20F2N2O4S. The van der Waals surface area contributed by atoms with Crippen molar-refractivity contribution in [2.75, 3.05) is 6.26 Å². The normalized spacial score (nSPS) is 24.3. The highest BCUT2D eigenvalue weighted by atomic mass is 32.2. The molecule has 2 aliphatic carbocycles. The Kier molecular flexibility index (Phi) is 4.99. The second kappa shape index (κ2) is 7.22. The topological polar surface area (TPSA) is 121 Å². The summed E-state index contributed by atoms with van der Waals surface area (Å²) < 4.78 is 54.2. The average Bonchev–Trinajstić information content (AvgIpc) is 2.99. The van der Waals surface area contributed by atoms with Crippen LogP contribution in [-0.4, -0.2) is 31.4 Å². The third kappa shape index (κ3) is 3.14. The number of nitrogens with two attached hydrogens (primary N) is 1. The Labute approximate surface area is 183 Å². The number of carbonyl (C=O) groups excluding carboxylic acids is 1. The zero-order chi connectivity index (χ0) is 23.6. The van der Waals surface area contributed by atoms with Crippen LogP contribution in [0.1, 0.15) is 58.7 Å². The van der Waals surface area contributed by atoms with Gasteiger partial charge in [-0.25, -0.2) is 17.2 Å². The molecule has 2 aromatic rings. The predicted octanol–water partition coefficient (Wildman–Crippen LogP) is 2.82. The van der Waals surface area contributed by atoms with Gasteiger partial charge in [0, 0.05) is 23.8 Å². The number of sulfone groups is 1. The summed E-state index contributed by atoms with van der Waals surface area (Å²) in [5, 5.41) is 20.3. The lowest BCUT2D eigenvalue weighted by Gasteiger charge is -2.26. The Bertz CT molecular complexity index is 1360. The highest BCUT2D eigenvalue weighted by molar-refractivity contribution is 7.90. The number of nitriles is 1. The summed E-state index contributed by atoms with van der Waals surface area (Å²) in [5.41, 5.74) is 4.25. The van der Waals surface area contributed by atoms with Gasteiger partial charge in [0.15, 0.2) is 9.84 Å². The van der Waals surface area contributed by atoms with Crippen molar-refractivity contribution < 1.29 is 27.1 Å². The Hall–Kier alpha value is -3.09. The molecule has 4 rings (SSSR count). The number of fused-ring (bicyclic) bond motifs is 2. The highest BCUT2D eigenvalue weighted by Gasteiger charge is 2.53. The minimum absolute atomic E-state index is 0.0821. The summed E-state index contributed by atoms with van der Waals surface area (Å²) >= 11 is 0. The molecule has 0 spiro atoms. The summed E-state index contributed by atoms with van der Waals surface area (Å²) in [5.74, 6) is -2.05. The number of amides is 1. The number of benzene rings is 2. The maximum Gasteiger partial charge on any atom is 0.258 e. The monoisotopic (exact) mass is 458 g/mol. The lowest BCUT2D eigenvalue weighted by Crippen LogP contribution is -2.43. The van der Waals surface area contributed by atoms with Gasteiger partial charge < -0.3 is 10.8 Å². The number of primary amides is 1. The number of aliphatic hydroxyl groups excluding tert-OH is 1. The number of alkyl halides is 1. The Morgan fingerprint density at radius 1 is 1.34 bits per heavy atom. The molecule has 0 saturated carbocycles. The van der Waals surface area contributed by atoms with E-state index >= 15 is 4.39 Å². The Morgan fingerprint density at radius 2 is 2.03 bits per heavy atom. The molecular weight excluding hydrogens is 438 g/mol. The van der Waals surface area contributed by atoms with Crippen molar-refractivity contribution in [1.82, 2.24) is 0 Å². The van der Waals surface area contributed by atoms with Gasteiger partial charge in [0.1, 0.15) is 11.9 Å². The number of halogens is 2. The number of nitrogens with zero attached hydrogens (tertiary/aromatic N) is 1. The molecule has 32 heavy (non-hydrogen) atoms. The highest BCUT2D eigenvalue weighted by Crippen LogP contribution is 2.49. The van der Waals surface area contributed by atoms with E-state index in [2.05, 4.69) is 0 Å². The van der Waals surface area contributed by atoms with Crippen LogP contribution in [0.4, 0.5) is 8.78 Å².